The average molecular weight is 297 g/mol. The number of benzene rings is 2. The van der Waals surface area contributed by atoms with E-state index in [2.05, 4.69) is 11.4 Å². The van der Waals surface area contributed by atoms with E-state index in [1.807, 2.05) is 0 Å². The van der Waals surface area contributed by atoms with Crippen LogP contribution in [-0.4, -0.2) is 12.0 Å². The molecule has 2 aromatic carbocycles. The van der Waals surface area contributed by atoms with E-state index in [0.29, 0.717) is 17.0 Å². The Balaban J connectivity index is 2.30. The first kappa shape index (κ1) is 15.3. The third-order valence-corrected chi connectivity index (χ3v) is 3.23. The van der Waals surface area contributed by atoms with Crippen molar-refractivity contribution in [2.24, 2.45) is 0 Å². The largest absolute Gasteiger partial charge is 0.497 e. The minimum absolute atomic E-state index is 0.0474. The maximum Gasteiger partial charge on any atom is 0.292 e. The lowest BCUT2D eigenvalue weighted by molar-refractivity contribution is -0.384. The van der Waals surface area contributed by atoms with Gasteiger partial charge >= 0.3 is 0 Å². The number of nitro groups is 1. The molecule has 0 spiro atoms. The second-order valence-electron chi connectivity index (χ2n) is 4.76. The maximum absolute atomic E-state index is 11.1. The van der Waals surface area contributed by atoms with E-state index in [9.17, 15) is 15.4 Å². The van der Waals surface area contributed by atoms with Gasteiger partial charge in [0.25, 0.3) is 5.69 Å². The van der Waals surface area contributed by atoms with Gasteiger partial charge in [-0.15, -0.1) is 0 Å². The predicted molar refractivity (Wildman–Crippen MR) is 82.8 cm³/mol. The fraction of sp³-hybridized carbons (Fsp3) is 0.188. The van der Waals surface area contributed by atoms with Crippen LogP contribution in [0.3, 0.4) is 0 Å². The summed E-state index contributed by atoms with van der Waals surface area (Å²) >= 11 is 0. The first-order valence-corrected chi connectivity index (χ1v) is 6.60. The molecule has 0 aliphatic heterocycles. The fourth-order valence-corrected chi connectivity index (χ4v) is 2.06. The number of hydrogen-bond donors (Lipinski definition) is 1. The van der Waals surface area contributed by atoms with Crippen molar-refractivity contribution in [2.45, 2.75) is 13.0 Å². The number of ether oxygens (including phenoxy) is 1. The molecule has 0 fully saturated rings. The summed E-state index contributed by atoms with van der Waals surface area (Å²) in [4.78, 5) is 10.7. The Morgan fingerprint density at radius 1 is 1.27 bits per heavy atom. The molecule has 2 aromatic rings. The van der Waals surface area contributed by atoms with E-state index in [0.717, 1.165) is 5.56 Å². The minimum atomic E-state index is -0.688. The average Bonchev–Trinajstić information content (AvgIpc) is 2.53. The highest BCUT2D eigenvalue weighted by atomic mass is 16.6. The molecule has 1 atom stereocenters. The minimum Gasteiger partial charge on any atom is -0.497 e. The van der Waals surface area contributed by atoms with Crippen LogP contribution < -0.4 is 10.1 Å². The summed E-state index contributed by atoms with van der Waals surface area (Å²) in [6.07, 6.45) is 0. The molecule has 22 heavy (non-hydrogen) atoms. The summed E-state index contributed by atoms with van der Waals surface area (Å²) in [6, 6.07) is 13.3. The molecule has 0 heterocycles. The molecule has 1 unspecified atom stereocenters. The lowest BCUT2D eigenvalue weighted by Gasteiger charge is -2.14. The maximum atomic E-state index is 11.1. The van der Waals surface area contributed by atoms with Crippen molar-refractivity contribution in [1.82, 2.24) is 0 Å². The summed E-state index contributed by atoms with van der Waals surface area (Å²) in [5.74, 6) is 0.682. The number of methoxy groups -OCH3 is 1. The summed E-state index contributed by atoms with van der Waals surface area (Å²) in [5.41, 5.74) is 1.76. The Bertz CT molecular complexity index is 720. The first-order chi connectivity index (χ1) is 10.5. The molecule has 2 rings (SSSR count). The Morgan fingerprint density at radius 3 is 2.50 bits per heavy atom. The van der Waals surface area contributed by atoms with Gasteiger partial charge in [-0.3, -0.25) is 10.1 Å². The molecule has 0 radical (unpaired) electrons. The lowest BCUT2D eigenvalue weighted by atomic mass is 10.1. The standard InChI is InChI=1S/C16H15N3O3/c1-11-3-8-14(16(9-11)19(20)21)18-15(10-17)12-4-6-13(22-2)7-5-12/h3-9,15,18H,1-2H3. The van der Waals surface area contributed by atoms with Crippen molar-refractivity contribution in [3.63, 3.8) is 0 Å². The normalized spacial score (nSPS) is 11.3. The monoisotopic (exact) mass is 297 g/mol. The highest BCUT2D eigenvalue weighted by Crippen LogP contribution is 2.29. The summed E-state index contributed by atoms with van der Waals surface area (Å²) < 4.78 is 5.07. The molecule has 0 aliphatic rings. The molecule has 6 heteroatoms. The number of nitro benzene ring substituents is 1. The van der Waals surface area contributed by atoms with Crippen molar-refractivity contribution in [3.8, 4) is 11.8 Å². The van der Waals surface area contributed by atoms with Gasteiger partial charge in [0.05, 0.1) is 18.1 Å². The number of aryl methyl sites for hydroxylation is 1. The van der Waals surface area contributed by atoms with Crippen LogP contribution in [0.15, 0.2) is 42.5 Å². The third-order valence-electron chi connectivity index (χ3n) is 3.23. The molecular weight excluding hydrogens is 282 g/mol. The number of anilines is 1. The molecule has 6 nitrogen and oxygen atoms in total. The van der Waals surface area contributed by atoms with Crippen LogP contribution in [0.1, 0.15) is 17.2 Å². The quantitative estimate of drug-likeness (QED) is 0.673. The van der Waals surface area contributed by atoms with Crippen LogP contribution in [0.2, 0.25) is 0 Å². The molecule has 0 saturated carbocycles. The van der Waals surface area contributed by atoms with E-state index < -0.39 is 11.0 Å². The molecule has 112 valence electrons. The number of nitriles is 1. The topological polar surface area (TPSA) is 88.2 Å². The second-order valence-corrected chi connectivity index (χ2v) is 4.76. The van der Waals surface area contributed by atoms with E-state index in [4.69, 9.17) is 4.74 Å². The Kier molecular flexibility index (Phi) is 4.59. The molecule has 1 N–H and O–H groups in total. The predicted octanol–water partition coefficient (Wildman–Crippen LogP) is 3.59. The van der Waals surface area contributed by atoms with Crippen molar-refractivity contribution < 1.29 is 9.66 Å². The third kappa shape index (κ3) is 3.33. The number of nitrogens with zero attached hydrogens (tertiary/aromatic N) is 2. The van der Waals surface area contributed by atoms with Crippen molar-refractivity contribution in [1.29, 1.82) is 5.26 Å². The van der Waals surface area contributed by atoms with Gasteiger partial charge < -0.3 is 10.1 Å². The Hall–Kier alpha value is -3.07. The van der Waals surface area contributed by atoms with E-state index in [1.54, 1.807) is 50.4 Å². The van der Waals surface area contributed by atoms with Crippen LogP contribution in [-0.2, 0) is 0 Å². The van der Waals surface area contributed by atoms with Gasteiger partial charge in [0.15, 0.2) is 0 Å². The summed E-state index contributed by atoms with van der Waals surface area (Å²) in [5, 5.41) is 23.4. The molecule has 0 aromatic heterocycles. The summed E-state index contributed by atoms with van der Waals surface area (Å²) in [6.45, 7) is 1.78. The van der Waals surface area contributed by atoms with Crippen LogP contribution >= 0.6 is 0 Å². The van der Waals surface area contributed by atoms with Gasteiger partial charge in [-0.05, 0) is 36.2 Å². The van der Waals surface area contributed by atoms with E-state index in [-0.39, 0.29) is 5.69 Å². The zero-order valence-electron chi connectivity index (χ0n) is 12.2. The Morgan fingerprint density at radius 2 is 1.95 bits per heavy atom. The molecule has 0 amide bonds. The first-order valence-electron chi connectivity index (χ1n) is 6.60. The van der Waals surface area contributed by atoms with Crippen LogP contribution in [0.4, 0.5) is 11.4 Å². The van der Waals surface area contributed by atoms with Crippen molar-refractivity contribution in [3.05, 3.63) is 63.7 Å². The van der Waals surface area contributed by atoms with Crippen molar-refractivity contribution in [2.75, 3.05) is 12.4 Å². The molecule has 0 bridgehead atoms. The van der Waals surface area contributed by atoms with Gasteiger partial charge in [0, 0.05) is 6.07 Å². The van der Waals surface area contributed by atoms with Gasteiger partial charge in [-0.2, -0.15) is 5.26 Å². The van der Waals surface area contributed by atoms with Gasteiger partial charge in [-0.1, -0.05) is 18.2 Å². The zero-order valence-corrected chi connectivity index (χ0v) is 12.2. The SMILES string of the molecule is COc1ccc(C(C#N)Nc2ccc(C)cc2[N+](=O)[O-])cc1. The highest BCUT2D eigenvalue weighted by Gasteiger charge is 2.18. The van der Waals surface area contributed by atoms with E-state index in [1.165, 1.54) is 6.07 Å². The smallest absolute Gasteiger partial charge is 0.292 e. The van der Waals surface area contributed by atoms with Crippen LogP contribution in [0, 0.1) is 28.4 Å². The fourth-order valence-electron chi connectivity index (χ4n) is 2.06. The highest BCUT2D eigenvalue weighted by molar-refractivity contribution is 5.64. The van der Waals surface area contributed by atoms with Crippen molar-refractivity contribution >= 4 is 11.4 Å². The molecule has 0 aliphatic carbocycles. The van der Waals surface area contributed by atoms with Crippen LogP contribution in [0.5, 0.6) is 5.75 Å². The van der Waals surface area contributed by atoms with E-state index >= 15 is 0 Å². The number of rotatable bonds is 5. The van der Waals surface area contributed by atoms with Gasteiger partial charge in [0.2, 0.25) is 0 Å². The van der Waals surface area contributed by atoms with Gasteiger partial charge in [0.1, 0.15) is 17.5 Å². The Labute approximate surface area is 128 Å². The zero-order chi connectivity index (χ0) is 16.1. The molecule has 0 saturated heterocycles. The van der Waals surface area contributed by atoms with Gasteiger partial charge in [-0.25, -0.2) is 0 Å². The second kappa shape index (κ2) is 6.59. The number of hydrogen-bond acceptors (Lipinski definition) is 5. The summed E-state index contributed by atoms with van der Waals surface area (Å²) in [7, 11) is 1.56. The molecular formula is C16H15N3O3. The lowest BCUT2D eigenvalue weighted by Crippen LogP contribution is -2.10. The van der Waals surface area contributed by atoms with Crippen LogP contribution in [0.25, 0.3) is 0 Å². The number of nitrogens with one attached hydrogen (secondary N) is 1.